The number of hydrogen-bond donors (Lipinski definition) is 2. The molecular weight excluding hydrogens is 213 g/mol. The van der Waals surface area contributed by atoms with Gasteiger partial charge in [0.2, 0.25) is 0 Å². The molecule has 0 aliphatic heterocycles. The van der Waals surface area contributed by atoms with Gasteiger partial charge in [-0.25, -0.2) is 15.6 Å². The van der Waals surface area contributed by atoms with Gasteiger partial charge in [-0.05, 0) is 18.2 Å². The molecule has 0 aliphatic rings. The van der Waals surface area contributed by atoms with Crippen molar-refractivity contribution in [2.45, 2.75) is 0 Å². The summed E-state index contributed by atoms with van der Waals surface area (Å²) in [5.74, 6) is 5.32. The quantitative estimate of drug-likeness (QED) is 0.430. The monoisotopic (exact) mass is 219 g/mol. The highest BCUT2D eigenvalue weighted by Crippen LogP contribution is 2.23. The van der Waals surface area contributed by atoms with Crippen molar-refractivity contribution in [2.75, 3.05) is 5.01 Å². The first-order valence-corrected chi connectivity index (χ1v) is 4.06. The summed E-state index contributed by atoms with van der Waals surface area (Å²) in [4.78, 5) is 10.7. The molecule has 70 valence electrons. The molecule has 0 fully saturated rings. The van der Waals surface area contributed by atoms with Gasteiger partial charge in [-0.2, -0.15) is 0 Å². The van der Waals surface area contributed by atoms with Crippen molar-refractivity contribution in [1.82, 2.24) is 0 Å². The molecule has 0 spiro atoms. The predicted molar refractivity (Wildman–Crippen MR) is 52.7 cm³/mol. The number of urea groups is 1. The molecule has 0 radical (unpaired) electrons. The summed E-state index contributed by atoms with van der Waals surface area (Å²) in [5, 5.41) is 1.54. The highest BCUT2D eigenvalue weighted by molar-refractivity contribution is 6.35. The van der Waals surface area contributed by atoms with E-state index in [1.54, 1.807) is 0 Å². The Balaban J connectivity index is 3.07. The smallest absolute Gasteiger partial charge is 0.333 e. The number of halogens is 2. The van der Waals surface area contributed by atoms with Crippen LogP contribution in [0.4, 0.5) is 10.5 Å². The fourth-order valence-electron chi connectivity index (χ4n) is 0.806. The molecule has 2 amide bonds. The average Bonchev–Trinajstić information content (AvgIpc) is 2.01. The zero-order valence-electron chi connectivity index (χ0n) is 6.50. The summed E-state index contributed by atoms with van der Waals surface area (Å²) in [6.07, 6.45) is 0. The molecule has 4 N–H and O–H groups in total. The predicted octanol–water partition coefficient (Wildman–Crippen LogP) is 1.75. The summed E-state index contributed by atoms with van der Waals surface area (Å²) in [6.45, 7) is 0. The second-order valence-electron chi connectivity index (χ2n) is 2.34. The molecule has 0 unspecified atom stereocenters. The molecular formula is C7H7Cl2N3O. The lowest BCUT2D eigenvalue weighted by Gasteiger charge is -2.13. The lowest BCUT2D eigenvalue weighted by molar-refractivity contribution is 0.254. The van der Waals surface area contributed by atoms with Crippen LogP contribution in [0.2, 0.25) is 10.0 Å². The molecule has 1 aromatic carbocycles. The maximum atomic E-state index is 10.7. The Bertz CT molecular complexity index is 322. The van der Waals surface area contributed by atoms with Crippen molar-refractivity contribution in [3.05, 3.63) is 28.2 Å². The van der Waals surface area contributed by atoms with Gasteiger partial charge in [0.15, 0.2) is 0 Å². The number of hydrogen-bond acceptors (Lipinski definition) is 2. The second kappa shape index (κ2) is 3.83. The van der Waals surface area contributed by atoms with Gasteiger partial charge in [-0.15, -0.1) is 0 Å². The van der Waals surface area contributed by atoms with Crippen molar-refractivity contribution in [3.63, 3.8) is 0 Å². The summed E-state index contributed by atoms with van der Waals surface area (Å²) in [6, 6.07) is 3.72. The summed E-state index contributed by atoms with van der Waals surface area (Å²) < 4.78 is 0. The number of carbonyl (C=O) groups excluding carboxylic acids is 1. The highest BCUT2D eigenvalue weighted by atomic mass is 35.5. The number of amides is 2. The van der Waals surface area contributed by atoms with E-state index in [0.717, 1.165) is 5.01 Å². The van der Waals surface area contributed by atoms with Gasteiger partial charge < -0.3 is 5.73 Å². The van der Waals surface area contributed by atoms with E-state index in [1.165, 1.54) is 18.2 Å². The van der Waals surface area contributed by atoms with Crippen LogP contribution in [0.5, 0.6) is 0 Å². The van der Waals surface area contributed by atoms with Crippen LogP contribution in [0.3, 0.4) is 0 Å². The fourth-order valence-corrected chi connectivity index (χ4v) is 1.32. The van der Waals surface area contributed by atoms with E-state index in [2.05, 4.69) is 0 Å². The Kier molecular flexibility index (Phi) is 2.98. The van der Waals surface area contributed by atoms with Crippen molar-refractivity contribution < 1.29 is 4.79 Å². The minimum atomic E-state index is -0.779. The van der Waals surface area contributed by atoms with Crippen LogP contribution in [-0.4, -0.2) is 6.03 Å². The van der Waals surface area contributed by atoms with E-state index in [4.69, 9.17) is 34.8 Å². The number of rotatable bonds is 1. The molecule has 0 bridgehead atoms. The maximum Gasteiger partial charge on any atom is 0.333 e. The van der Waals surface area contributed by atoms with Gasteiger partial charge in [0.1, 0.15) is 0 Å². The first-order chi connectivity index (χ1) is 6.00. The zero-order chi connectivity index (χ0) is 10.0. The number of primary amides is 1. The number of benzene rings is 1. The van der Waals surface area contributed by atoms with Gasteiger partial charge >= 0.3 is 6.03 Å². The fraction of sp³-hybridized carbons (Fsp3) is 0. The van der Waals surface area contributed by atoms with Gasteiger partial charge in [0.25, 0.3) is 0 Å². The molecule has 0 aliphatic carbocycles. The summed E-state index contributed by atoms with van der Waals surface area (Å²) >= 11 is 11.4. The SMILES string of the molecule is NC(=O)N(N)c1cc(Cl)cc(Cl)c1. The maximum absolute atomic E-state index is 10.7. The Labute approximate surface area is 85.0 Å². The lowest BCUT2D eigenvalue weighted by atomic mass is 10.3. The molecule has 13 heavy (non-hydrogen) atoms. The van der Waals surface area contributed by atoms with Crippen LogP contribution in [-0.2, 0) is 0 Å². The molecule has 0 aromatic heterocycles. The number of anilines is 1. The van der Waals surface area contributed by atoms with Gasteiger partial charge in [0, 0.05) is 10.0 Å². The van der Waals surface area contributed by atoms with Crippen LogP contribution >= 0.6 is 23.2 Å². The van der Waals surface area contributed by atoms with Crippen molar-refractivity contribution in [3.8, 4) is 0 Å². The first-order valence-electron chi connectivity index (χ1n) is 3.31. The third-order valence-electron chi connectivity index (χ3n) is 1.36. The van der Waals surface area contributed by atoms with E-state index in [0.29, 0.717) is 15.7 Å². The Hall–Kier alpha value is -0.970. The lowest BCUT2D eigenvalue weighted by Crippen LogP contribution is -2.41. The van der Waals surface area contributed by atoms with Gasteiger partial charge in [0.05, 0.1) is 5.69 Å². The van der Waals surface area contributed by atoms with E-state index >= 15 is 0 Å². The molecule has 4 nitrogen and oxygen atoms in total. The first kappa shape index (κ1) is 10.1. The molecule has 1 aromatic rings. The molecule has 0 saturated carbocycles. The van der Waals surface area contributed by atoms with E-state index in [9.17, 15) is 4.79 Å². The number of carbonyl (C=O) groups is 1. The van der Waals surface area contributed by atoms with Crippen molar-refractivity contribution in [2.24, 2.45) is 11.6 Å². The van der Waals surface area contributed by atoms with Crippen molar-refractivity contribution in [1.29, 1.82) is 0 Å². The highest BCUT2D eigenvalue weighted by Gasteiger charge is 2.08. The van der Waals surface area contributed by atoms with E-state index < -0.39 is 6.03 Å². The third-order valence-corrected chi connectivity index (χ3v) is 1.80. The standard InChI is InChI=1S/C7H7Cl2N3O/c8-4-1-5(9)3-6(2-4)12(11)7(10)13/h1-3H,11H2,(H2,10,13). The van der Waals surface area contributed by atoms with E-state index in [-0.39, 0.29) is 0 Å². The van der Waals surface area contributed by atoms with Crippen LogP contribution < -0.4 is 16.6 Å². The van der Waals surface area contributed by atoms with Gasteiger partial charge in [-0.1, -0.05) is 23.2 Å². The zero-order valence-corrected chi connectivity index (χ0v) is 8.01. The number of nitrogens with zero attached hydrogens (tertiary/aromatic N) is 1. The molecule has 0 saturated heterocycles. The molecule has 1 rings (SSSR count). The van der Waals surface area contributed by atoms with Crippen molar-refractivity contribution >= 4 is 34.9 Å². The largest absolute Gasteiger partial charge is 0.350 e. The molecule has 0 atom stereocenters. The summed E-state index contributed by atoms with van der Waals surface area (Å²) in [7, 11) is 0. The second-order valence-corrected chi connectivity index (χ2v) is 3.21. The van der Waals surface area contributed by atoms with Crippen LogP contribution in [0, 0.1) is 0 Å². The Morgan fingerprint density at radius 2 is 1.69 bits per heavy atom. The minimum absolute atomic E-state index is 0.352. The normalized spacial score (nSPS) is 9.77. The minimum Gasteiger partial charge on any atom is -0.350 e. The Morgan fingerprint density at radius 1 is 1.23 bits per heavy atom. The van der Waals surface area contributed by atoms with E-state index in [1.807, 2.05) is 0 Å². The topological polar surface area (TPSA) is 72.4 Å². The van der Waals surface area contributed by atoms with Crippen LogP contribution in [0.1, 0.15) is 0 Å². The van der Waals surface area contributed by atoms with Gasteiger partial charge in [-0.3, -0.25) is 0 Å². The Morgan fingerprint density at radius 3 is 2.08 bits per heavy atom. The summed E-state index contributed by atoms with van der Waals surface area (Å²) in [5.41, 5.74) is 5.30. The molecule has 6 heteroatoms. The third kappa shape index (κ3) is 2.48. The number of hydrazine groups is 1. The molecule has 0 heterocycles. The number of nitrogens with two attached hydrogens (primary N) is 2. The average molecular weight is 220 g/mol. The van der Waals surface area contributed by atoms with Crippen LogP contribution in [0.15, 0.2) is 18.2 Å². The van der Waals surface area contributed by atoms with Crippen LogP contribution in [0.25, 0.3) is 0 Å².